The van der Waals surface area contributed by atoms with Crippen LogP contribution in [0, 0.1) is 0 Å². The maximum atomic E-state index is 5.42. The Morgan fingerprint density at radius 1 is 1.04 bits per heavy atom. The zero-order valence-corrected chi connectivity index (χ0v) is 14.3. The summed E-state index contributed by atoms with van der Waals surface area (Å²) in [5.74, 6) is 1.82. The molecular weight excluding hydrogens is 342 g/mol. The van der Waals surface area contributed by atoms with Gasteiger partial charge in [0.15, 0.2) is 5.82 Å². The fraction of sp³-hybridized carbons (Fsp3) is 0.105. The van der Waals surface area contributed by atoms with Crippen molar-refractivity contribution in [1.82, 2.24) is 35.1 Å². The van der Waals surface area contributed by atoms with Crippen molar-refractivity contribution in [3.63, 3.8) is 0 Å². The van der Waals surface area contributed by atoms with Gasteiger partial charge in [-0.15, -0.1) is 0 Å². The van der Waals surface area contributed by atoms with E-state index in [1.54, 1.807) is 17.1 Å². The second kappa shape index (κ2) is 6.49. The molecule has 1 aromatic carbocycles. The third kappa shape index (κ3) is 2.97. The Hall–Kier alpha value is -3.81. The SMILES string of the molecule is c1ccc2c(CCc3nc(-c4ccnc(-n5cccn5)c4)no3)[nH]nc2c1. The molecule has 0 aliphatic carbocycles. The van der Waals surface area contributed by atoms with Crippen molar-refractivity contribution in [2.24, 2.45) is 0 Å². The molecule has 5 rings (SSSR count). The minimum Gasteiger partial charge on any atom is -0.339 e. The molecule has 0 aliphatic rings. The van der Waals surface area contributed by atoms with Gasteiger partial charge in [-0.1, -0.05) is 23.4 Å². The Kier molecular flexibility index (Phi) is 3.71. The number of rotatable bonds is 5. The van der Waals surface area contributed by atoms with Crippen LogP contribution in [0.2, 0.25) is 0 Å². The summed E-state index contributed by atoms with van der Waals surface area (Å²) >= 11 is 0. The number of aromatic nitrogens is 7. The van der Waals surface area contributed by atoms with E-state index in [1.807, 2.05) is 42.6 Å². The van der Waals surface area contributed by atoms with Gasteiger partial charge in [-0.3, -0.25) is 5.10 Å². The maximum absolute atomic E-state index is 5.42. The molecule has 8 heteroatoms. The zero-order chi connectivity index (χ0) is 18.1. The predicted octanol–water partition coefficient (Wildman–Crippen LogP) is 2.98. The normalized spacial score (nSPS) is 11.3. The van der Waals surface area contributed by atoms with Crippen LogP contribution >= 0.6 is 0 Å². The van der Waals surface area contributed by atoms with Crippen molar-refractivity contribution >= 4 is 10.9 Å². The number of hydrogen-bond donors (Lipinski definition) is 1. The number of aromatic amines is 1. The first kappa shape index (κ1) is 15.4. The molecule has 0 radical (unpaired) electrons. The number of aryl methyl sites for hydroxylation is 2. The van der Waals surface area contributed by atoms with Gasteiger partial charge in [0.1, 0.15) is 0 Å². The summed E-state index contributed by atoms with van der Waals surface area (Å²) in [4.78, 5) is 8.83. The fourth-order valence-electron chi connectivity index (χ4n) is 3.00. The molecule has 0 saturated heterocycles. The molecule has 0 aliphatic heterocycles. The number of nitrogens with zero attached hydrogens (tertiary/aromatic N) is 6. The first-order chi connectivity index (χ1) is 13.4. The van der Waals surface area contributed by atoms with E-state index < -0.39 is 0 Å². The van der Waals surface area contributed by atoms with Crippen LogP contribution in [0.15, 0.2) is 65.6 Å². The summed E-state index contributed by atoms with van der Waals surface area (Å²) in [6.45, 7) is 0. The summed E-state index contributed by atoms with van der Waals surface area (Å²) in [6.07, 6.45) is 6.63. The molecule has 8 nitrogen and oxygen atoms in total. The fourth-order valence-corrected chi connectivity index (χ4v) is 3.00. The van der Waals surface area contributed by atoms with Crippen molar-refractivity contribution in [2.45, 2.75) is 12.8 Å². The number of nitrogens with one attached hydrogen (secondary N) is 1. The lowest BCUT2D eigenvalue weighted by atomic mass is 10.1. The third-order valence-corrected chi connectivity index (χ3v) is 4.34. The first-order valence-electron chi connectivity index (χ1n) is 8.58. The minimum atomic E-state index is 0.537. The quantitative estimate of drug-likeness (QED) is 0.519. The van der Waals surface area contributed by atoms with E-state index in [0.29, 0.717) is 24.0 Å². The van der Waals surface area contributed by atoms with Crippen LogP contribution in [-0.2, 0) is 12.8 Å². The lowest BCUT2D eigenvalue weighted by Crippen LogP contribution is -1.98. The van der Waals surface area contributed by atoms with Gasteiger partial charge in [0.05, 0.1) is 5.52 Å². The van der Waals surface area contributed by atoms with Crippen molar-refractivity contribution in [3.05, 3.63) is 72.6 Å². The number of benzene rings is 1. The Morgan fingerprint density at radius 2 is 2.00 bits per heavy atom. The number of pyridine rings is 1. The summed E-state index contributed by atoms with van der Waals surface area (Å²) in [5.41, 5.74) is 2.86. The van der Waals surface area contributed by atoms with Crippen molar-refractivity contribution < 1.29 is 4.52 Å². The summed E-state index contributed by atoms with van der Waals surface area (Å²) in [7, 11) is 0. The van der Waals surface area contributed by atoms with Gasteiger partial charge in [0, 0.05) is 41.7 Å². The van der Waals surface area contributed by atoms with E-state index in [9.17, 15) is 0 Å². The number of para-hydroxylation sites is 1. The highest BCUT2D eigenvalue weighted by Crippen LogP contribution is 2.20. The van der Waals surface area contributed by atoms with Crippen LogP contribution in [0.1, 0.15) is 11.6 Å². The smallest absolute Gasteiger partial charge is 0.227 e. The third-order valence-electron chi connectivity index (χ3n) is 4.34. The molecule has 27 heavy (non-hydrogen) atoms. The maximum Gasteiger partial charge on any atom is 0.227 e. The lowest BCUT2D eigenvalue weighted by Gasteiger charge is -2.01. The highest BCUT2D eigenvalue weighted by molar-refractivity contribution is 5.81. The Labute approximate surface area is 153 Å². The van der Waals surface area contributed by atoms with Gasteiger partial charge in [0.2, 0.25) is 11.7 Å². The van der Waals surface area contributed by atoms with Crippen LogP contribution < -0.4 is 0 Å². The summed E-state index contributed by atoms with van der Waals surface area (Å²) in [5, 5.41) is 16.8. The van der Waals surface area contributed by atoms with Crippen molar-refractivity contribution in [1.29, 1.82) is 0 Å². The molecule has 4 heterocycles. The molecule has 1 N–H and O–H groups in total. The average Bonchev–Trinajstić information content (AvgIpc) is 3.47. The highest BCUT2D eigenvalue weighted by atomic mass is 16.5. The molecule has 0 amide bonds. The number of fused-ring (bicyclic) bond motifs is 1. The van der Waals surface area contributed by atoms with Crippen molar-refractivity contribution in [3.8, 4) is 17.2 Å². The molecule has 0 fully saturated rings. The van der Waals surface area contributed by atoms with E-state index in [-0.39, 0.29) is 0 Å². The van der Waals surface area contributed by atoms with E-state index in [0.717, 1.165) is 28.6 Å². The second-order valence-electron chi connectivity index (χ2n) is 6.08. The zero-order valence-electron chi connectivity index (χ0n) is 14.3. The molecule has 132 valence electrons. The molecule has 4 aromatic heterocycles. The second-order valence-corrected chi connectivity index (χ2v) is 6.08. The van der Waals surface area contributed by atoms with Crippen LogP contribution in [0.3, 0.4) is 0 Å². The Balaban J connectivity index is 1.35. The van der Waals surface area contributed by atoms with Gasteiger partial charge < -0.3 is 4.52 Å². The van der Waals surface area contributed by atoms with Crippen LogP contribution in [0.5, 0.6) is 0 Å². The number of hydrogen-bond acceptors (Lipinski definition) is 6. The minimum absolute atomic E-state index is 0.537. The summed E-state index contributed by atoms with van der Waals surface area (Å²) < 4.78 is 7.11. The molecule has 0 unspecified atom stereocenters. The van der Waals surface area contributed by atoms with Gasteiger partial charge in [-0.2, -0.15) is 15.2 Å². The monoisotopic (exact) mass is 357 g/mol. The Morgan fingerprint density at radius 3 is 2.93 bits per heavy atom. The predicted molar refractivity (Wildman–Crippen MR) is 98.2 cm³/mol. The van der Waals surface area contributed by atoms with E-state index in [2.05, 4.69) is 36.5 Å². The van der Waals surface area contributed by atoms with E-state index in [1.165, 1.54) is 0 Å². The molecule has 0 spiro atoms. The largest absolute Gasteiger partial charge is 0.339 e. The van der Waals surface area contributed by atoms with Gasteiger partial charge in [0.25, 0.3) is 0 Å². The standard InChI is InChI=1S/C19H15N7O/c1-2-5-15-14(4-1)16(24-23-15)6-7-18-22-19(25-27-18)13-8-10-20-17(12-13)26-11-3-9-21-26/h1-5,8-12H,6-7H2,(H,23,24). The lowest BCUT2D eigenvalue weighted by molar-refractivity contribution is 0.378. The number of H-pyrrole nitrogens is 1. The van der Waals surface area contributed by atoms with Gasteiger partial charge in [-0.05, 0) is 30.7 Å². The Bertz CT molecular complexity index is 1190. The molecular formula is C19H15N7O. The average molecular weight is 357 g/mol. The van der Waals surface area contributed by atoms with Crippen LogP contribution in [0.4, 0.5) is 0 Å². The van der Waals surface area contributed by atoms with Crippen LogP contribution in [-0.4, -0.2) is 35.1 Å². The first-order valence-corrected chi connectivity index (χ1v) is 8.58. The molecule has 5 aromatic rings. The molecule has 0 bridgehead atoms. The van der Waals surface area contributed by atoms with Gasteiger partial charge >= 0.3 is 0 Å². The molecule has 0 atom stereocenters. The van der Waals surface area contributed by atoms with Crippen LogP contribution in [0.25, 0.3) is 28.1 Å². The van der Waals surface area contributed by atoms with Gasteiger partial charge in [-0.25, -0.2) is 9.67 Å². The van der Waals surface area contributed by atoms with E-state index >= 15 is 0 Å². The van der Waals surface area contributed by atoms with E-state index in [4.69, 9.17) is 4.52 Å². The molecule has 0 saturated carbocycles. The topological polar surface area (TPSA) is 98.3 Å². The van der Waals surface area contributed by atoms with Crippen molar-refractivity contribution in [2.75, 3.05) is 0 Å². The summed E-state index contributed by atoms with van der Waals surface area (Å²) in [6, 6.07) is 13.6. The highest BCUT2D eigenvalue weighted by Gasteiger charge is 2.12.